The zero-order valence-electron chi connectivity index (χ0n) is 15.6. The minimum atomic E-state index is -0.458. The van der Waals surface area contributed by atoms with Crippen molar-refractivity contribution in [2.24, 2.45) is 5.92 Å². The van der Waals surface area contributed by atoms with E-state index in [1.165, 1.54) is 0 Å². The normalized spacial score (nSPS) is 24.4. The standard InChI is InChI=1S/C23H22N2O3/c26-19-6-4-15-12-16(3-5-18(15)19)20-21(27)23(17-2-1-9-25-13-17)28-22(20)14-7-10-24-11-8-14/h3,5,7-8,10-12,17,23,25H,1-2,4,6,9,13H2. The average molecular weight is 374 g/mol. The van der Waals surface area contributed by atoms with Gasteiger partial charge in [-0.05, 0) is 49.1 Å². The number of nitrogens with zero attached hydrogens (tertiary/aromatic N) is 1. The fraction of sp³-hybridized carbons (Fsp3) is 0.348. The maximum Gasteiger partial charge on any atom is 0.207 e. The number of carbonyl (C=O) groups excluding carboxylic acids is 2. The number of ketones is 2. The quantitative estimate of drug-likeness (QED) is 0.894. The number of fused-ring (bicyclic) bond motifs is 1. The van der Waals surface area contributed by atoms with Gasteiger partial charge in [0.2, 0.25) is 5.78 Å². The van der Waals surface area contributed by atoms with E-state index in [0.717, 1.165) is 54.6 Å². The Kier molecular flexibility index (Phi) is 4.32. The number of nitrogens with one attached hydrogen (secondary N) is 1. The van der Waals surface area contributed by atoms with Crippen molar-refractivity contribution >= 4 is 22.9 Å². The van der Waals surface area contributed by atoms with E-state index < -0.39 is 6.10 Å². The van der Waals surface area contributed by atoms with Gasteiger partial charge in [0, 0.05) is 42.4 Å². The predicted octanol–water partition coefficient (Wildman–Crippen LogP) is 3.05. The molecule has 1 fully saturated rings. The smallest absolute Gasteiger partial charge is 0.207 e. The van der Waals surface area contributed by atoms with Crippen molar-refractivity contribution < 1.29 is 14.3 Å². The molecule has 1 aromatic carbocycles. The van der Waals surface area contributed by atoms with E-state index >= 15 is 0 Å². The molecule has 0 radical (unpaired) electrons. The Morgan fingerprint density at radius 3 is 2.68 bits per heavy atom. The van der Waals surface area contributed by atoms with Crippen LogP contribution in [0.4, 0.5) is 0 Å². The third-order valence-corrected chi connectivity index (χ3v) is 6.00. The van der Waals surface area contributed by atoms with Crippen LogP contribution in [0.3, 0.4) is 0 Å². The van der Waals surface area contributed by atoms with Crippen LogP contribution in [0.1, 0.15) is 46.3 Å². The summed E-state index contributed by atoms with van der Waals surface area (Å²) in [4.78, 5) is 29.5. The van der Waals surface area contributed by atoms with E-state index in [1.807, 2.05) is 30.3 Å². The Hall–Kier alpha value is -2.79. The molecular formula is C23H22N2O3. The van der Waals surface area contributed by atoms with Gasteiger partial charge >= 0.3 is 0 Å². The number of hydrogen-bond acceptors (Lipinski definition) is 5. The Balaban J connectivity index is 1.58. The van der Waals surface area contributed by atoms with E-state index in [9.17, 15) is 9.59 Å². The van der Waals surface area contributed by atoms with Crippen molar-refractivity contribution in [3.8, 4) is 0 Å². The Labute approximate surface area is 163 Å². The molecule has 0 bridgehead atoms. The molecule has 1 saturated heterocycles. The first-order valence-electron chi connectivity index (χ1n) is 9.95. The van der Waals surface area contributed by atoms with Crippen molar-refractivity contribution in [1.29, 1.82) is 0 Å². The number of aromatic nitrogens is 1. The molecule has 5 rings (SSSR count). The van der Waals surface area contributed by atoms with Gasteiger partial charge in [0.05, 0.1) is 5.57 Å². The highest BCUT2D eigenvalue weighted by Gasteiger charge is 2.41. The molecule has 5 nitrogen and oxygen atoms in total. The van der Waals surface area contributed by atoms with E-state index in [2.05, 4.69) is 10.3 Å². The van der Waals surface area contributed by atoms with Gasteiger partial charge in [0.15, 0.2) is 11.9 Å². The second-order valence-electron chi connectivity index (χ2n) is 7.74. The van der Waals surface area contributed by atoms with Crippen molar-refractivity contribution in [2.45, 2.75) is 31.8 Å². The van der Waals surface area contributed by atoms with E-state index in [4.69, 9.17) is 4.74 Å². The average Bonchev–Trinajstić information content (AvgIpc) is 3.29. The van der Waals surface area contributed by atoms with Crippen LogP contribution in [0.15, 0.2) is 42.7 Å². The lowest BCUT2D eigenvalue weighted by Gasteiger charge is -2.27. The zero-order chi connectivity index (χ0) is 19.1. The lowest BCUT2D eigenvalue weighted by molar-refractivity contribution is -0.121. The molecule has 1 aliphatic carbocycles. The molecule has 28 heavy (non-hydrogen) atoms. The lowest BCUT2D eigenvalue weighted by atomic mass is 9.87. The summed E-state index contributed by atoms with van der Waals surface area (Å²) in [5, 5.41) is 3.38. The molecule has 3 aliphatic rings. The minimum Gasteiger partial charge on any atom is -0.481 e. The van der Waals surface area contributed by atoms with Gasteiger partial charge in [-0.15, -0.1) is 0 Å². The number of benzene rings is 1. The molecule has 0 saturated carbocycles. The number of hydrogen-bond donors (Lipinski definition) is 1. The zero-order valence-corrected chi connectivity index (χ0v) is 15.6. The van der Waals surface area contributed by atoms with Crippen molar-refractivity contribution in [2.75, 3.05) is 13.1 Å². The first kappa shape index (κ1) is 17.3. The number of Topliss-reactive ketones (excluding diaryl/α,β-unsaturated/α-hetero) is 2. The van der Waals surface area contributed by atoms with E-state index in [0.29, 0.717) is 17.8 Å². The molecule has 0 spiro atoms. The molecule has 3 heterocycles. The number of rotatable bonds is 3. The molecule has 2 aliphatic heterocycles. The first-order chi connectivity index (χ1) is 13.7. The molecule has 5 heteroatoms. The van der Waals surface area contributed by atoms with Crippen LogP contribution >= 0.6 is 0 Å². The van der Waals surface area contributed by atoms with Crippen molar-refractivity contribution in [3.05, 3.63) is 65.0 Å². The van der Waals surface area contributed by atoms with Crippen LogP contribution in [0.5, 0.6) is 0 Å². The summed E-state index contributed by atoms with van der Waals surface area (Å²) in [6.45, 7) is 1.79. The van der Waals surface area contributed by atoms with Crippen LogP contribution in [0.25, 0.3) is 11.3 Å². The summed E-state index contributed by atoms with van der Waals surface area (Å²) in [5.74, 6) is 1.04. The third kappa shape index (κ3) is 2.87. The summed E-state index contributed by atoms with van der Waals surface area (Å²) < 4.78 is 6.30. The predicted molar refractivity (Wildman–Crippen MR) is 106 cm³/mol. The Morgan fingerprint density at radius 1 is 1.04 bits per heavy atom. The molecular weight excluding hydrogens is 352 g/mol. The largest absolute Gasteiger partial charge is 0.481 e. The van der Waals surface area contributed by atoms with Gasteiger partial charge in [-0.25, -0.2) is 0 Å². The summed E-state index contributed by atoms with van der Waals surface area (Å²) in [5.41, 5.74) is 4.15. The van der Waals surface area contributed by atoms with Crippen LogP contribution in [-0.2, 0) is 16.0 Å². The van der Waals surface area contributed by atoms with E-state index in [1.54, 1.807) is 12.4 Å². The maximum atomic E-state index is 13.5. The number of carbonyl (C=O) groups is 2. The topological polar surface area (TPSA) is 68.3 Å². The van der Waals surface area contributed by atoms with Crippen LogP contribution < -0.4 is 5.32 Å². The van der Waals surface area contributed by atoms with Gasteiger partial charge in [0.1, 0.15) is 5.76 Å². The summed E-state index contributed by atoms with van der Waals surface area (Å²) in [7, 11) is 0. The fourth-order valence-electron chi connectivity index (χ4n) is 4.54. The minimum absolute atomic E-state index is 0.0461. The summed E-state index contributed by atoms with van der Waals surface area (Å²) in [6.07, 6.45) is 6.30. The van der Waals surface area contributed by atoms with Gasteiger partial charge in [-0.2, -0.15) is 0 Å². The van der Waals surface area contributed by atoms with Gasteiger partial charge in [-0.1, -0.05) is 18.2 Å². The molecule has 1 aromatic heterocycles. The van der Waals surface area contributed by atoms with Gasteiger partial charge in [-0.3, -0.25) is 14.6 Å². The molecule has 0 amide bonds. The number of piperidine rings is 1. The van der Waals surface area contributed by atoms with Crippen LogP contribution in [-0.4, -0.2) is 35.7 Å². The molecule has 2 aromatic rings. The van der Waals surface area contributed by atoms with Crippen LogP contribution in [0, 0.1) is 5.92 Å². The molecule has 2 unspecified atom stereocenters. The highest BCUT2D eigenvalue weighted by atomic mass is 16.5. The first-order valence-corrected chi connectivity index (χ1v) is 9.95. The van der Waals surface area contributed by atoms with Crippen molar-refractivity contribution in [1.82, 2.24) is 10.3 Å². The number of aryl methyl sites for hydroxylation is 1. The molecule has 1 N–H and O–H groups in total. The number of pyridine rings is 1. The van der Waals surface area contributed by atoms with E-state index in [-0.39, 0.29) is 17.5 Å². The second kappa shape index (κ2) is 6.99. The van der Waals surface area contributed by atoms with Crippen LogP contribution in [0.2, 0.25) is 0 Å². The molecule has 142 valence electrons. The maximum absolute atomic E-state index is 13.5. The molecule has 2 atom stereocenters. The fourth-order valence-corrected chi connectivity index (χ4v) is 4.54. The SMILES string of the molecule is O=C1CCc2cc(C3=C(c4ccncc4)OC(C4CCCNC4)C3=O)ccc21. The van der Waals surface area contributed by atoms with Gasteiger partial charge < -0.3 is 10.1 Å². The summed E-state index contributed by atoms with van der Waals surface area (Å²) >= 11 is 0. The highest BCUT2D eigenvalue weighted by Crippen LogP contribution is 2.40. The number of ether oxygens (including phenoxy) is 1. The third-order valence-electron chi connectivity index (χ3n) is 6.00. The lowest BCUT2D eigenvalue weighted by Crippen LogP contribution is -2.39. The summed E-state index contributed by atoms with van der Waals surface area (Å²) in [6, 6.07) is 9.50. The Bertz CT molecular complexity index is 975. The highest BCUT2D eigenvalue weighted by molar-refractivity contribution is 6.31. The monoisotopic (exact) mass is 374 g/mol. The Morgan fingerprint density at radius 2 is 1.89 bits per heavy atom. The second-order valence-corrected chi connectivity index (χ2v) is 7.74. The van der Waals surface area contributed by atoms with Crippen molar-refractivity contribution in [3.63, 3.8) is 0 Å². The van der Waals surface area contributed by atoms with Gasteiger partial charge in [0.25, 0.3) is 0 Å².